The molecule has 1 saturated heterocycles. The molecule has 1 aromatic heterocycles. The molecule has 0 saturated carbocycles. The van der Waals surface area contributed by atoms with Gasteiger partial charge < -0.3 is 29.0 Å². The van der Waals surface area contributed by atoms with Gasteiger partial charge in [0.05, 0.1) is 24.8 Å². The van der Waals surface area contributed by atoms with Crippen molar-refractivity contribution in [2.75, 3.05) is 44.8 Å². The van der Waals surface area contributed by atoms with Gasteiger partial charge in [0.1, 0.15) is 18.7 Å². The number of imidazole rings is 1. The van der Waals surface area contributed by atoms with Crippen molar-refractivity contribution in [1.29, 1.82) is 0 Å². The van der Waals surface area contributed by atoms with E-state index >= 15 is 0 Å². The van der Waals surface area contributed by atoms with E-state index < -0.39 is 0 Å². The van der Waals surface area contributed by atoms with Crippen LogP contribution in [0.1, 0.15) is 32.2 Å². The molecule has 0 radical (unpaired) electrons. The molecule has 1 unspecified atom stereocenters. The molecule has 4 heterocycles. The lowest BCUT2D eigenvalue weighted by molar-refractivity contribution is -0.126. The van der Waals surface area contributed by atoms with Crippen LogP contribution in [-0.2, 0) is 14.3 Å². The number of nitrogens with zero attached hydrogens (tertiary/aromatic N) is 3. The smallest absolute Gasteiger partial charge is 0.257 e. The summed E-state index contributed by atoms with van der Waals surface area (Å²) in [5.74, 6) is 1.22. The molecule has 37 heavy (non-hydrogen) atoms. The summed E-state index contributed by atoms with van der Waals surface area (Å²) >= 11 is 0. The molecule has 5 rings (SSSR count). The van der Waals surface area contributed by atoms with Gasteiger partial charge in [-0.25, -0.2) is 4.98 Å². The molecule has 10 heteroatoms. The molecule has 1 aromatic carbocycles. The first-order valence-electron chi connectivity index (χ1n) is 12.8. The van der Waals surface area contributed by atoms with Crippen LogP contribution in [0.3, 0.4) is 0 Å². The maximum atomic E-state index is 13.3. The van der Waals surface area contributed by atoms with E-state index in [9.17, 15) is 9.59 Å². The van der Waals surface area contributed by atoms with Gasteiger partial charge in [0, 0.05) is 24.7 Å². The fraction of sp³-hybridized carbons (Fsp3) is 0.444. The second kappa shape index (κ2) is 11.1. The summed E-state index contributed by atoms with van der Waals surface area (Å²) in [7, 11) is 0. The molecule has 2 atom stereocenters. The van der Waals surface area contributed by atoms with Crippen molar-refractivity contribution in [2.24, 2.45) is 0 Å². The van der Waals surface area contributed by atoms with Crippen LogP contribution in [-0.4, -0.2) is 71.8 Å². The fourth-order valence-electron chi connectivity index (χ4n) is 5.00. The van der Waals surface area contributed by atoms with E-state index in [-0.39, 0.29) is 23.9 Å². The molecule has 3 aliphatic heterocycles. The summed E-state index contributed by atoms with van der Waals surface area (Å²) in [6.07, 6.45) is 9.36. The maximum Gasteiger partial charge on any atom is 0.257 e. The summed E-state index contributed by atoms with van der Waals surface area (Å²) < 4.78 is 19.7. The number of hydrogen-bond acceptors (Lipinski definition) is 7. The first-order chi connectivity index (χ1) is 18.0. The number of benzene rings is 1. The average Bonchev–Trinajstić information content (AvgIpc) is 3.15. The molecular formula is C27H33N5O5. The topological polar surface area (TPSA) is 107 Å². The van der Waals surface area contributed by atoms with Crippen molar-refractivity contribution in [2.45, 2.75) is 38.3 Å². The molecular weight excluding hydrogens is 474 g/mol. The third-order valence-corrected chi connectivity index (χ3v) is 6.77. The number of fused-ring (bicyclic) bond motifs is 3. The zero-order valence-electron chi connectivity index (χ0n) is 21.1. The molecule has 10 nitrogen and oxygen atoms in total. The second-order valence-electron chi connectivity index (χ2n) is 9.38. The van der Waals surface area contributed by atoms with E-state index in [1.807, 2.05) is 34.6 Å². The van der Waals surface area contributed by atoms with Gasteiger partial charge in [-0.1, -0.05) is 6.58 Å². The van der Waals surface area contributed by atoms with E-state index in [4.69, 9.17) is 19.2 Å². The lowest BCUT2D eigenvalue weighted by atomic mass is 10.1. The summed E-state index contributed by atoms with van der Waals surface area (Å²) in [6, 6.07) is 3.62. The van der Waals surface area contributed by atoms with Crippen LogP contribution in [0.15, 0.2) is 48.7 Å². The van der Waals surface area contributed by atoms with Gasteiger partial charge in [0.25, 0.3) is 5.91 Å². The number of anilines is 1. The minimum Gasteiger partial charge on any atom is -0.487 e. The highest BCUT2D eigenvalue weighted by atomic mass is 16.6. The number of dihydropyridines is 1. The van der Waals surface area contributed by atoms with E-state index in [1.54, 1.807) is 12.3 Å². The van der Waals surface area contributed by atoms with Crippen molar-refractivity contribution < 1.29 is 23.8 Å². The first kappa shape index (κ1) is 24.9. The average molecular weight is 508 g/mol. The van der Waals surface area contributed by atoms with Gasteiger partial charge in [-0.3, -0.25) is 14.9 Å². The van der Waals surface area contributed by atoms with Crippen LogP contribution < -0.4 is 20.1 Å². The van der Waals surface area contributed by atoms with Gasteiger partial charge in [-0.2, -0.15) is 0 Å². The third-order valence-electron chi connectivity index (χ3n) is 6.77. The van der Waals surface area contributed by atoms with Crippen LogP contribution in [0.5, 0.6) is 11.5 Å². The van der Waals surface area contributed by atoms with Crippen LogP contribution in [0.25, 0.3) is 11.0 Å². The van der Waals surface area contributed by atoms with E-state index in [1.165, 1.54) is 6.08 Å². The number of amides is 2. The standard InChI is InChI=1S/C27H33N5O5/c1-3-23(33)31-11-5-4-6-20(17-31)32-24-21(7-8-22-25(24)37-15-13-35-12-14-36-22)29-27(32)30-26(34)19-9-10-28-18(2)16-19/h3,7-10,16,18,20,28H,1,4-6,11-15,17H2,2H3,(H,29,30,34)/t18?,20-/m1/s1. The van der Waals surface area contributed by atoms with Gasteiger partial charge in [0.15, 0.2) is 11.5 Å². The van der Waals surface area contributed by atoms with Crippen LogP contribution >= 0.6 is 0 Å². The lowest BCUT2D eigenvalue weighted by Gasteiger charge is -2.26. The molecule has 2 amide bonds. The van der Waals surface area contributed by atoms with Crippen LogP contribution in [0.4, 0.5) is 5.95 Å². The minimum absolute atomic E-state index is 0.0429. The van der Waals surface area contributed by atoms with Gasteiger partial charge in [-0.15, -0.1) is 0 Å². The van der Waals surface area contributed by atoms with Crippen LogP contribution in [0.2, 0.25) is 0 Å². The van der Waals surface area contributed by atoms with Gasteiger partial charge in [-0.05, 0) is 62.7 Å². The monoisotopic (exact) mass is 507 g/mol. The Labute approximate surface area is 215 Å². The molecule has 1 fully saturated rings. The number of ether oxygens (including phenoxy) is 3. The van der Waals surface area contributed by atoms with Crippen molar-refractivity contribution >= 4 is 28.8 Å². The molecule has 196 valence electrons. The number of aromatic nitrogens is 2. The Morgan fingerprint density at radius 1 is 1.19 bits per heavy atom. The second-order valence-corrected chi connectivity index (χ2v) is 9.38. The predicted octanol–water partition coefficient (Wildman–Crippen LogP) is 2.93. The number of likely N-dealkylation sites (tertiary alicyclic amines) is 1. The SMILES string of the molecule is C=CC(=O)N1CCCC[C@@H](n2c(NC(=O)C3=CC(C)NC=C3)nc3ccc4c(c32)OCCOCCO4)C1. The lowest BCUT2D eigenvalue weighted by Crippen LogP contribution is -2.34. The third kappa shape index (κ3) is 5.34. The highest BCUT2D eigenvalue weighted by Crippen LogP contribution is 2.41. The Balaban J connectivity index is 1.61. The zero-order chi connectivity index (χ0) is 25.8. The van der Waals surface area contributed by atoms with Crippen molar-refractivity contribution in [3.8, 4) is 11.5 Å². The zero-order valence-corrected chi connectivity index (χ0v) is 21.1. The Kier molecular flexibility index (Phi) is 7.45. The van der Waals surface area contributed by atoms with E-state index in [0.29, 0.717) is 68.1 Å². The molecule has 0 aliphatic carbocycles. The van der Waals surface area contributed by atoms with Crippen molar-refractivity contribution in [3.63, 3.8) is 0 Å². The van der Waals surface area contributed by atoms with E-state index in [0.717, 1.165) is 24.8 Å². The summed E-state index contributed by atoms with van der Waals surface area (Å²) in [6.45, 7) is 8.44. The highest BCUT2D eigenvalue weighted by Gasteiger charge is 2.29. The predicted molar refractivity (Wildman–Crippen MR) is 140 cm³/mol. The number of carbonyl (C=O) groups excluding carboxylic acids is 2. The van der Waals surface area contributed by atoms with Crippen molar-refractivity contribution in [1.82, 2.24) is 19.8 Å². The molecule has 2 aromatic rings. The van der Waals surface area contributed by atoms with Crippen molar-refractivity contribution in [3.05, 3.63) is 48.7 Å². The number of nitrogens with one attached hydrogen (secondary N) is 2. The summed E-state index contributed by atoms with van der Waals surface area (Å²) in [4.78, 5) is 32.5. The number of rotatable bonds is 4. The molecule has 0 spiro atoms. The first-order valence-corrected chi connectivity index (χ1v) is 12.8. The molecule has 0 bridgehead atoms. The fourth-order valence-corrected chi connectivity index (χ4v) is 5.00. The summed E-state index contributed by atoms with van der Waals surface area (Å²) in [5, 5.41) is 6.18. The quantitative estimate of drug-likeness (QED) is 0.613. The largest absolute Gasteiger partial charge is 0.487 e. The normalized spacial score (nSPS) is 22.1. The highest BCUT2D eigenvalue weighted by molar-refractivity contribution is 6.06. The summed E-state index contributed by atoms with van der Waals surface area (Å²) in [5.41, 5.74) is 1.96. The number of carbonyl (C=O) groups is 2. The van der Waals surface area contributed by atoms with E-state index in [2.05, 4.69) is 17.2 Å². The maximum absolute atomic E-state index is 13.3. The Morgan fingerprint density at radius 2 is 2.03 bits per heavy atom. The van der Waals surface area contributed by atoms with Crippen LogP contribution in [0, 0.1) is 0 Å². The molecule has 3 aliphatic rings. The minimum atomic E-state index is -0.251. The Hall–Kier alpha value is -3.79. The molecule has 2 N–H and O–H groups in total. The Morgan fingerprint density at radius 3 is 2.84 bits per heavy atom. The number of hydrogen-bond donors (Lipinski definition) is 2. The van der Waals surface area contributed by atoms with Gasteiger partial charge in [0.2, 0.25) is 11.9 Å². The Bertz CT molecular complexity index is 1250. The van der Waals surface area contributed by atoms with Gasteiger partial charge >= 0.3 is 0 Å².